The van der Waals surface area contributed by atoms with E-state index in [4.69, 9.17) is 5.10 Å². The van der Waals surface area contributed by atoms with E-state index in [1.165, 1.54) is 24.3 Å². The van der Waals surface area contributed by atoms with Crippen molar-refractivity contribution in [3.8, 4) is 16.9 Å². The predicted molar refractivity (Wildman–Crippen MR) is 157 cm³/mol. The van der Waals surface area contributed by atoms with Gasteiger partial charge >= 0.3 is 0 Å². The van der Waals surface area contributed by atoms with Crippen LogP contribution in [0.5, 0.6) is 0 Å². The van der Waals surface area contributed by atoms with Crippen LogP contribution >= 0.6 is 0 Å². The summed E-state index contributed by atoms with van der Waals surface area (Å²) in [6, 6.07) is 30.5. The van der Waals surface area contributed by atoms with E-state index >= 15 is 0 Å². The first-order valence-electron chi connectivity index (χ1n) is 12.5. The molecule has 0 atom stereocenters. The van der Waals surface area contributed by atoms with Gasteiger partial charge in [0.05, 0.1) is 16.8 Å². The fourth-order valence-electron chi connectivity index (χ4n) is 3.98. The van der Waals surface area contributed by atoms with Crippen LogP contribution in [0.4, 0.5) is 5.69 Å². The zero-order chi connectivity index (χ0) is 28.1. The number of nitrogens with zero attached hydrogens (tertiary/aromatic N) is 3. The molecule has 0 aliphatic heterocycles. The van der Waals surface area contributed by atoms with Crippen LogP contribution in [-0.4, -0.2) is 30.3 Å². The van der Waals surface area contributed by atoms with Crippen LogP contribution in [0.2, 0.25) is 0 Å². The summed E-state index contributed by atoms with van der Waals surface area (Å²) >= 11 is 0. The second-order valence-corrected chi connectivity index (χ2v) is 11.0. The highest BCUT2D eigenvalue weighted by molar-refractivity contribution is 7.92. The quantitative estimate of drug-likeness (QED) is 0.191. The maximum absolute atomic E-state index is 12.7. The maximum atomic E-state index is 12.7. The number of benzene rings is 4. The summed E-state index contributed by atoms with van der Waals surface area (Å²) < 4.78 is 29.6. The summed E-state index contributed by atoms with van der Waals surface area (Å²) in [6.07, 6.45) is 3.42. The summed E-state index contributed by atoms with van der Waals surface area (Å²) in [6.45, 7) is 3.91. The van der Waals surface area contributed by atoms with Gasteiger partial charge < -0.3 is 0 Å². The molecule has 0 aliphatic carbocycles. The van der Waals surface area contributed by atoms with E-state index in [2.05, 4.69) is 15.2 Å². The summed E-state index contributed by atoms with van der Waals surface area (Å²) in [5.41, 5.74) is 8.60. The van der Waals surface area contributed by atoms with Crippen molar-refractivity contribution >= 4 is 27.8 Å². The van der Waals surface area contributed by atoms with E-state index in [1.807, 2.05) is 74.6 Å². The zero-order valence-electron chi connectivity index (χ0n) is 21.9. The first-order valence-corrected chi connectivity index (χ1v) is 14.0. The lowest BCUT2D eigenvalue weighted by atomic mass is 10.1. The molecule has 0 spiro atoms. The average molecular weight is 550 g/mol. The van der Waals surface area contributed by atoms with Crippen LogP contribution in [0.1, 0.15) is 27.0 Å². The number of para-hydroxylation sites is 1. The Morgan fingerprint density at radius 2 is 1.45 bits per heavy atom. The van der Waals surface area contributed by atoms with E-state index in [9.17, 15) is 13.2 Å². The van der Waals surface area contributed by atoms with Crippen molar-refractivity contribution in [2.45, 2.75) is 18.7 Å². The number of carbonyl (C=O) groups excluding carboxylic acids is 1. The molecule has 8 nitrogen and oxygen atoms in total. The second-order valence-electron chi connectivity index (χ2n) is 9.27. The summed E-state index contributed by atoms with van der Waals surface area (Å²) in [4.78, 5) is 12.9. The fraction of sp³-hybridized carbons (Fsp3) is 0.0645. The molecule has 40 heavy (non-hydrogen) atoms. The highest BCUT2D eigenvalue weighted by atomic mass is 32.2. The Kier molecular flexibility index (Phi) is 7.56. The van der Waals surface area contributed by atoms with Gasteiger partial charge in [0.15, 0.2) is 0 Å². The van der Waals surface area contributed by atoms with Gasteiger partial charge in [-0.15, -0.1) is 0 Å². The zero-order valence-corrected chi connectivity index (χ0v) is 22.8. The Balaban J connectivity index is 1.30. The lowest BCUT2D eigenvalue weighted by molar-refractivity contribution is 0.0955. The van der Waals surface area contributed by atoms with E-state index < -0.39 is 15.9 Å². The normalized spacial score (nSPS) is 11.4. The number of aryl methyl sites for hydroxylation is 2. The SMILES string of the molecule is Cc1ccc(-c2nn(-c3ccccc3)cc2/C=N\NC(=O)c2ccc(NS(=O)(=O)c3ccc(C)cc3)cc2)cc1. The van der Waals surface area contributed by atoms with E-state index in [-0.39, 0.29) is 4.90 Å². The summed E-state index contributed by atoms with van der Waals surface area (Å²) in [5.74, 6) is -0.434. The summed E-state index contributed by atoms with van der Waals surface area (Å²) in [5, 5.41) is 8.93. The number of hydrazone groups is 1. The number of anilines is 1. The van der Waals surface area contributed by atoms with Gasteiger partial charge in [0.2, 0.25) is 0 Å². The lowest BCUT2D eigenvalue weighted by Gasteiger charge is -2.09. The minimum Gasteiger partial charge on any atom is -0.280 e. The Bertz CT molecular complexity index is 1760. The molecule has 1 heterocycles. The van der Waals surface area contributed by atoms with Crippen LogP contribution in [0.25, 0.3) is 16.9 Å². The van der Waals surface area contributed by atoms with Crippen LogP contribution in [-0.2, 0) is 10.0 Å². The molecule has 0 bridgehead atoms. The molecule has 200 valence electrons. The predicted octanol–water partition coefficient (Wildman–Crippen LogP) is 5.72. The molecule has 0 fully saturated rings. The number of aromatic nitrogens is 2. The van der Waals surface area contributed by atoms with Crippen molar-refractivity contribution in [2.75, 3.05) is 4.72 Å². The second kappa shape index (κ2) is 11.4. The molecule has 9 heteroatoms. The lowest BCUT2D eigenvalue weighted by Crippen LogP contribution is -2.18. The number of amides is 1. The van der Waals surface area contributed by atoms with Gasteiger partial charge in [-0.05, 0) is 62.4 Å². The third-order valence-corrected chi connectivity index (χ3v) is 7.59. The Morgan fingerprint density at radius 3 is 2.10 bits per heavy atom. The highest BCUT2D eigenvalue weighted by Crippen LogP contribution is 2.23. The van der Waals surface area contributed by atoms with Crippen molar-refractivity contribution in [3.05, 3.63) is 132 Å². The molecule has 5 aromatic rings. The molecular weight excluding hydrogens is 522 g/mol. The van der Waals surface area contributed by atoms with Gasteiger partial charge in [-0.25, -0.2) is 18.5 Å². The first-order chi connectivity index (χ1) is 19.3. The molecule has 4 aromatic carbocycles. The minimum atomic E-state index is -3.74. The monoisotopic (exact) mass is 549 g/mol. The Morgan fingerprint density at radius 1 is 0.825 bits per heavy atom. The smallest absolute Gasteiger partial charge is 0.271 e. The van der Waals surface area contributed by atoms with Gasteiger partial charge in [0.25, 0.3) is 15.9 Å². The molecule has 0 radical (unpaired) electrons. The molecule has 1 aromatic heterocycles. The van der Waals surface area contributed by atoms with Crippen LogP contribution in [0.3, 0.4) is 0 Å². The highest BCUT2D eigenvalue weighted by Gasteiger charge is 2.15. The maximum Gasteiger partial charge on any atom is 0.271 e. The van der Waals surface area contributed by atoms with Crippen LogP contribution in [0, 0.1) is 13.8 Å². The van der Waals surface area contributed by atoms with Crippen LogP contribution < -0.4 is 10.1 Å². The third kappa shape index (κ3) is 6.16. The van der Waals surface area contributed by atoms with Gasteiger partial charge in [-0.1, -0.05) is 65.7 Å². The Hall–Kier alpha value is -5.02. The molecular formula is C31H27N5O3S. The van der Waals surface area contributed by atoms with Gasteiger partial charge in [-0.2, -0.15) is 10.2 Å². The van der Waals surface area contributed by atoms with Gasteiger partial charge in [0.1, 0.15) is 5.69 Å². The van der Waals surface area contributed by atoms with Gasteiger partial charge in [0, 0.05) is 28.6 Å². The van der Waals surface area contributed by atoms with E-state index in [0.717, 1.165) is 33.6 Å². The number of carbonyl (C=O) groups is 1. The molecule has 0 aliphatic rings. The number of nitrogens with one attached hydrogen (secondary N) is 2. The summed E-state index contributed by atoms with van der Waals surface area (Å²) in [7, 11) is -3.74. The van der Waals surface area contributed by atoms with Crippen molar-refractivity contribution in [1.29, 1.82) is 0 Å². The standard InChI is InChI=1S/C31H27N5O3S/c1-22-8-12-24(13-9-22)30-26(21-36(34-30)28-6-4-3-5-7-28)20-32-33-31(37)25-14-16-27(17-15-25)35-40(38,39)29-18-10-23(2)11-19-29/h3-21,35H,1-2H3,(H,33,37)/b32-20-. The average Bonchev–Trinajstić information content (AvgIpc) is 3.38. The minimum absolute atomic E-state index is 0.162. The van der Waals surface area contributed by atoms with E-state index in [1.54, 1.807) is 35.2 Å². The molecule has 2 N–H and O–H groups in total. The molecule has 5 rings (SSSR count). The van der Waals surface area contributed by atoms with E-state index in [0.29, 0.717) is 11.3 Å². The van der Waals surface area contributed by atoms with Gasteiger partial charge in [-0.3, -0.25) is 9.52 Å². The fourth-order valence-corrected chi connectivity index (χ4v) is 5.04. The number of hydrogen-bond donors (Lipinski definition) is 2. The first kappa shape index (κ1) is 26.6. The molecule has 0 saturated carbocycles. The number of sulfonamides is 1. The van der Waals surface area contributed by atoms with Crippen LogP contribution in [0.15, 0.2) is 119 Å². The molecule has 0 saturated heterocycles. The number of hydrogen-bond acceptors (Lipinski definition) is 5. The largest absolute Gasteiger partial charge is 0.280 e. The molecule has 0 unspecified atom stereocenters. The third-order valence-electron chi connectivity index (χ3n) is 6.19. The van der Waals surface area contributed by atoms with Crippen molar-refractivity contribution in [3.63, 3.8) is 0 Å². The van der Waals surface area contributed by atoms with Crippen molar-refractivity contribution in [2.24, 2.45) is 5.10 Å². The van der Waals surface area contributed by atoms with Crippen molar-refractivity contribution < 1.29 is 13.2 Å². The van der Waals surface area contributed by atoms with Crippen molar-refractivity contribution in [1.82, 2.24) is 15.2 Å². The number of rotatable bonds is 8. The Labute approximate surface area is 233 Å². The molecule has 1 amide bonds. The topological polar surface area (TPSA) is 105 Å².